The molecular formula is C17H18ClF2N. The Bertz CT molecular complexity index is 625. The molecule has 0 aliphatic carbocycles. The summed E-state index contributed by atoms with van der Waals surface area (Å²) in [5.41, 5.74) is 3.74. The highest BCUT2D eigenvalue weighted by atomic mass is 35.5. The molecule has 1 unspecified atom stereocenters. The fourth-order valence-electron chi connectivity index (χ4n) is 2.40. The minimum Gasteiger partial charge on any atom is -0.309 e. The second-order valence-electron chi connectivity index (χ2n) is 5.30. The van der Waals surface area contributed by atoms with Gasteiger partial charge in [0.25, 0.3) is 0 Å². The van der Waals surface area contributed by atoms with Crippen LogP contribution in [0, 0.1) is 32.4 Å². The Balaban J connectivity index is 2.60. The molecule has 1 N–H and O–H groups in total. The van der Waals surface area contributed by atoms with E-state index < -0.39 is 17.7 Å². The van der Waals surface area contributed by atoms with Gasteiger partial charge in [0, 0.05) is 16.7 Å². The first-order valence-electron chi connectivity index (χ1n) is 6.74. The lowest BCUT2D eigenvalue weighted by Gasteiger charge is -2.21. The third kappa shape index (κ3) is 3.09. The summed E-state index contributed by atoms with van der Waals surface area (Å²) in [5, 5.41) is 3.63. The van der Waals surface area contributed by atoms with E-state index in [-0.39, 0.29) is 0 Å². The molecule has 1 atom stereocenters. The smallest absolute Gasteiger partial charge is 0.131 e. The van der Waals surface area contributed by atoms with Crippen LogP contribution in [-0.2, 0) is 0 Å². The maximum absolute atomic E-state index is 14.1. The Labute approximate surface area is 128 Å². The zero-order valence-electron chi connectivity index (χ0n) is 12.5. The highest BCUT2D eigenvalue weighted by molar-refractivity contribution is 6.31. The van der Waals surface area contributed by atoms with Gasteiger partial charge >= 0.3 is 0 Å². The van der Waals surface area contributed by atoms with Crippen molar-refractivity contribution in [1.82, 2.24) is 5.32 Å². The average molecular weight is 310 g/mol. The number of hydrogen-bond donors (Lipinski definition) is 1. The lowest BCUT2D eigenvalue weighted by Crippen LogP contribution is -2.20. The summed E-state index contributed by atoms with van der Waals surface area (Å²) in [5.74, 6) is -1.12. The molecule has 0 aromatic heterocycles. The van der Waals surface area contributed by atoms with E-state index in [1.165, 1.54) is 6.07 Å². The van der Waals surface area contributed by atoms with Crippen molar-refractivity contribution in [2.24, 2.45) is 0 Å². The quantitative estimate of drug-likeness (QED) is 0.854. The highest BCUT2D eigenvalue weighted by Crippen LogP contribution is 2.32. The predicted octanol–water partition coefficient (Wildman–Crippen LogP) is 4.85. The van der Waals surface area contributed by atoms with E-state index >= 15 is 0 Å². The van der Waals surface area contributed by atoms with Crippen LogP contribution in [0.1, 0.15) is 33.9 Å². The van der Waals surface area contributed by atoms with Crippen LogP contribution in [-0.4, -0.2) is 7.05 Å². The predicted molar refractivity (Wildman–Crippen MR) is 82.9 cm³/mol. The minimum absolute atomic E-state index is 0.390. The van der Waals surface area contributed by atoms with E-state index in [0.717, 1.165) is 22.8 Å². The van der Waals surface area contributed by atoms with Crippen LogP contribution in [0.5, 0.6) is 0 Å². The molecule has 0 spiro atoms. The summed E-state index contributed by atoms with van der Waals surface area (Å²) in [6.45, 7) is 5.57. The van der Waals surface area contributed by atoms with E-state index in [1.807, 2.05) is 26.0 Å². The van der Waals surface area contributed by atoms with Crippen LogP contribution in [0.15, 0.2) is 24.3 Å². The number of rotatable bonds is 3. The first kappa shape index (κ1) is 15.9. The first-order chi connectivity index (χ1) is 9.85. The molecule has 0 radical (unpaired) electrons. The molecule has 1 nitrogen and oxygen atoms in total. The van der Waals surface area contributed by atoms with Gasteiger partial charge in [0.05, 0.1) is 6.04 Å². The molecule has 112 valence electrons. The summed E-state index contributed by atoms with van der Waals surface area (Å²) in [4.78, 5) is 0. The normalized spacial score (nSPS) is 12.5. The van der Waals surface area contributed by atoms with Crippen molar-refractivity contribution in [3.63, 3.8) is 0 Å². The van der Waals surface area contributed by atoms with Crippen molar-refractivity contribution in [2.45, 2.75) is 26.8 Å². The van der Waals surface area contributed by atoms with Crippen molar-refractivity contribution < 1.29 is 8.78 Å². The van der Waals surface area contributed by atoms with E-state index in [9.17, 15) is 8.78 Å². The number of aryl methyl sites for hydroxylation is 3. The second kappa shape index (κ2) is 6.12. The van der Waals surface area contributed by atoms with Gasteiger partial charge in [-0.25, -0.2) is 8.78 Å². The Kier molecular flexibility index (Phi) is 4.64. The third-order valence-electron chi connectivity index (χ3n) is 3.80. The largest absolute Gasteiger partial charge is 0.309 e. The zero-order valence-corrected chi connectivity index (χ0v) is 13.3. The standard InChI is InChI=1S/C17H18ClF2N/c1-9-5-12(14(18)7-10(9)2)17(21-4)13-6-11(3)15(19)8-16(13)20/h5-8,17,21H,1-4H3. The molecule has 4 heteroatoms. The van der Waals surface area contributed by atoms with Gasteiger partial charge in [-0.05, 0) is 62.2 Å². The van der Waals surface area contributed by atoms with Gasteiger partial charge in [-0.2, -0.15) is 0 Å². The number of benzene rings is 2. The lowest BCUT2D eigenvalue weighted by molar-refractivity contribution is 0.547. The summed E-state index contributed by atoms with van der Waals surface area (Å²) in [6.07, 6.45) is 0. The topological polar surface area (TPSA) is 12.0 Å². The van der Waals surface area contributed by atoms with Gasteiger partial charge in [-0.1, -0.05) is 17.7 Å². The maximum atomic E-state index is 14.1. The van der Waals surface area contributed by atoms with Crippen molar-refractivity contribution in [3.05, 3.63) is 68.7 Å². The molecule has 0 bridgehead atoms. The molecule has 21 heavy (non-hydrogen) atoms. The average Bonchev–Trinajstić information content (AvgIpc) is 2.42. The zero-order chi connectivity index (χ0) is 15.7. The van der Waals surface area contributed by atoms with E-state index in [1.54, 1.807) is 14.0 Å². The first-order valence-corrected chi connectivity index (χ1v) is 7.12. The van der Waals surface area contributed by atoms with Crippen molar-refractivity contribution >= 4 is 11.6 Å². The van der Waals surface area contributed by atoms with Crippen LogP contribution >= 0.6 is 11.6 Å². The molecule has 0 heterocycles. The molecule has 2 aromatic rings. The van der Waals surface area contributed by atoms with E-state index in [0.29, 0.717) is 16.1 Å². The number of halogens is 3. The maximum Gasteiger partial charge on any atom is 0.131 e. The summed E-state index contributed by atoms with van der Waals surface area (Å²) in [6, 6.07) is 5.83. The second-order valence-corrected chi connectivity index (χ2v) is 5.71. The molecule has 0 amide bonds. The van der Waals surface area contributed by atoms with Crippen molar-refractivity contribution in [3.8, 4) is 0 Å². The Morgan fingerprint density at radius 2 is 1.43 bits per heavy atom. The highest BCUT2D eigenvalue weighted by Gasteiger charge is 2.21. The SMILES string of the molecule is CNC(c1cc(C)c(F)cc1F)c1cc(C)c(C)cc1Cl. The molecule has 0 saturated carbocycles. The minimum atomic E-state index is -0.577. The fraction of sp³-hybridized carbons (Fsp3) is 0.294. The fourth-order valence-corrected chi connectivity index (χ4v) is 2.73. The van der Waals surface area contributed by atoms with Gasteiger partial charge in [0.15, 0.2) is 0 Å². The molecule has 0 fully saturated rings. The van der Waals surface area contributed by atoms with Gasteiger partial charge in [-0.15, -0.1) is 0 Å². The Morgan fingerprint density at radius 1 is 0.857 bits per heavy atom. The van der Waals surface area contributed by atoms with E-state index in [4.69, 9.17) is 11.6 Å². The van der Waals surface area contributed by atoms with Gasteiger partial charge in [0.2, 0.25) is 0 Å². The molecule has 0 saturated heterocycles. The number of hydrogen-bond acceptors (Lipinski definition) is 1. The van der Waals surface area contributed by atoms with Crippen LogP contribution in [0.25, 0.3) is 0 Å². The van der Waals surface area contributed by atoms with Gasteiger partial charge in [0.1, 0.15) is 11.6 Å². The van der Waals surface area contributed by atoms with Crippen molar-refractivity contribution in [2.75, 3.05) is 7.05 Å². The van der Waals surface area contributed by atoms with Gasteiger partial charge < -0.3 is 5.32 Å². The van der Waals surface area contributed by atoms with Crippen LogP contribution in [0.3, 0.4) is 0 Å². The van der Waals surface area contributed by atoms with E-state index in [2.05, 4.69) is 5.32 Å². The van der Waals surface area contributed by atoms with Crippen LogP contribution < -0.4 is 5.32 Å². The van der Waals surface area contributed by atoms with Crippen LogP contribution in [0.2, 0.25) is 5.02 Å². The summed E-state index contributed by atoms with van der Waals surface area (Å²) < 4.78 is 27.6. The van der Waals surface area contributed by atoms with Crippen LogP contribution in [0.4, 0.5) is 8.78 Å². The molecule has 2 rings (SSSR count). The van der Waals surface area contributed by atoms with Crippen molar-refractivity contribution in [1.29, 1.82) is 0 Å². The number of nitrogens with one attached hydrogen (secondary N) is 1. The third-order valence-corrected chi connectivity index (χ3v) is 4.13. The Morgan fingerprint density at radius 3 is 2.05 bits per heavy atom. The summed E-state index contributed by atoms with van der Waals surface area (Å²) >= 11 is 6.31. The molecule has 2 aromatic carbocycles. The molecule has 0 aliphatic heterocycles. The molecule has 0 aliphatic rings. The monoisotopic (exact) mass is 309 g/mol. The van der Waals surface area contributed by atoms with Gasteiger partial charge in [-0.3, -0.25) is 0 Å². The lowest BCUT2D eigenvalue weighted by atomic mass is 9.94. The Hall–Kier alpha value is -1.45. The summed E-state index contributed by atoms with van der Waals surface area (Å²) in [7, 11) is 1.73. The molecular weight excluding hydrogens is 292 g/mol.